The van der Waals surface area contributed by atoms with Gasteiger partial charge in [-0.15, -0.1) is 11.3 Å². The molecule has 0 aliphatic carbocycles. The van der Waals surface area contributed by atoms with E-state index in [9.17, 15) is 0 Å². The lowest BCUT2D eigenvalue weighted by Crippen LogP contribution is -2.29. The van der Waals surface area contributed by atoms with Crippen LogP contribution >= 0.6 is 11.3 Å². The van der Waals surface area contributed by atoms with E-state index in [-0.39, 0.29) is 0 Å². The SMILES string of the molecule is CN1CCC(c2ncc(-c3cnc(N)c(OC(C)(C)c4ccccc4)c3)s2)CC1. The Labute approximate surface area is 176 Å². The monoisotopic (exact) mass is 408 g/mol. The number of aromatic nitrogens is 2. The largest absolute Gasteiger partial charge is 0.479 e. The molecule has 0 amide bonds. The van der Waals surface area contributed by atoms with E-state index in [1.165, 1.54) is 17.8 Å². The highest BCUT2D eigenvalue weighted by molar-refractivity contribution is 7.15. The average molecular weight is 409 g/mol. The third-order valence-corrected chi connectivity index (χ3v) is 6.80. The highest BCUT2D eigenvalue weighted by atomic mass is 32.1. The highest BCUT2D eigenvalue weighted by Gasteiger charge is 2.25. The lowest BCUT2D eigenvalue weighted by Gasteiger charge is -2.27. The molecule has 1 aliphatic rings. The molecule has 1 aliphatic heterocycles. The van der Waals surface area contributed by atoms with E-state index in [1.807, 2.05) is 50.5 Å². The highest BCUT2D eigenvalue weighted by Crippen LogP contribution is 2.37. The van der Waals surface area contributed by atoms with Crippen molar-refractivity contribution in [2.45, 2.75) is 38.2 Å². The van der Waals surface area contributed by atoms with Gasteiger partial charge in [-0.3, -0.25) is 0 Å². The Morgan fingerprint density at radius 2 is 1.83 bits per heavy atom. The number of piperidine rings is 1. The Morgan fingerprint density at radius 1 is 1.10 bits per heavy atom. The molecule has 0 atom stereocenters. The average Bonchev–Trinajstić information content (AvgIpc) is 3.21. The molecule has 1 fully saturated rings. The van der Waals surface area contributed by atoms with E-state index in [2.05, 4.69) is 29.1 Å². The summed E-state index contributed by atoms with van der Waals surface area (Å²) in [6, 6.07) is 12.1. The number of anilines is 1. The van der Waals surface area contributed by atoms with Crippen molar-refractivity contribution >= 4 is 17.2 Å². The van der Waals surface area contributed by atoms with Crippen LogP contribution in [-0.4, -0.2) is 35.0 Å². The molecule has 1 saturated heterocycles. The molecule has 3 heterocycles. The number of rotatable bonds is 5. The quantitative estimate of drug-likeness (QED) is 0.650. The summed E-state index contributed by atoms with van der Waals surface area (Å²) >= 11 is 1.76. The molecule has 0 radical (unpaired) electrons. The van der Waals surface area contributed by atoms with Gasteiger partial charge in [0.25, 0.3) is 0 Å². The van der Waals surface area contributed by atoms with Crippen LogP contribution in [0, 0.1) is 0 Å². The molecule has 1 aromatic carbocycles. The number of nitrogen functional groups attached to an aromatic ring is 1. The number of hydrogen-bond donors (Lipinski definition) is 1. The first-order chi connectivity index (χ1) is 13.9. The van der Waals surface area contributed by atoms with Gasteiger partial charge in [0, 0.05) is 23.9 Å². The second kappa shape index (κ2) is 8.13. The summed E-state index contributed by atoms with van der Waals surface area (Å²) in [7, 11) is 2.18. The Balaban J connectivity index is 1.56. The third kappa shape index (κ3) is 4.43. The van der Waals surface area contributed by atoms with Crippen molar-refractivity contribution < 1.29 is 4.74 Å². The van der Waals surface area contributed by atoms with Gasteiger partial charge in [0.1, 0.15) is 5.60 Å². The predicted molar refractivity (Wildman–Crippen MR) is 119 cm³/mol. The molecule has 0 saturated carbocycles. The van der Waals surface area contributed by atoms with Gasteiger partial charge in [-0.05, 0) is 58.5 Å². The predicted octanol–water partition coefficient (Wildman–Crippen LogP) is 4.91. The van der Waals surface area contributed by atoms with Gasteiger partial charge in [-0.2, -0.15) is 0 Å². The second-order valence-corrected chi connectivity index (χ2v) is 9.29. The van der Waals surface area contributed by atoms with Crippen LogP contribution in [0.15, 0.2) is 48.8 Å². The van der Waals surface area contributed by atoms with Gasteiger partial charge >= 0.3 is 0 Å². The fraction of sp³-hybridized carbons (Fsp3) is 0.391. The maximum Gasteiger partial charge on any atom is 0.166 e. The van der Waals surface area contributed by atoms with Crippen LogP contribution in [0.2, 0.25) is 0 Å². The first-order valence-corrected chi connectivity index (χ1v) is 10.9. The minimum atomic E-state index is -0.511. The van der Waals surface area contributed by atoms with Crippen molar-refractivity contribution in [2.24, 2.45) is 0 Å². The number of nitrogens with two attached hydrogens (primary N) is 1. The fourth-order valence-corrected chi connectivity index (χ4v) is 4.78. The van der Waals surface area contributed by atoms with Crippen LogP contribution in [0.1, 0.15) is 43.2 Å². The van der Waals surface area contributed by atoms with Crippen molar-refractivity contribution in [1.29, 1.82) is 0 Å². The van der Waals surface area contributed by atoms with Crippen LogP contribution in [0.4, 0.5) is 5.82 Å². The summed E-state index contributed by atoms with van der Waals surface area (Å²) in [5.41, 5.74) is 7.71. The van der Waals surface area contributed by atoms with Crippen LogP contribution in [0.5, 0.6) is 5.75 Å². The van der Waals surface area contributed by atoms with Crippen molar-refractivity contribution in [3.05, 3.63) is 59.4 Å². The first-order valence-electron chi connectivity index (χ1n) is 10.1. The van der Waals surface area contributed by atoms with Gasteiger partial charge in [-0.1, -0.05) is 30.3 Å². The molecule has 0 spiro atoms. The van der Waals surface area contributed by atoms with Crippen molar-refractivity contribution in [1.82, 2.24) is 14.9 Å². The van der Waals surface area contributed by atoms with Crippen molar-refractivity contribution in [3.63, 3.8) is 0 Å². The first kappa shape index (κ1) is 19.9. The summed E-state index contributed by atoms with van der Waals surface area (Å²) in [6.45, 7) is 6.35. The number of thiazole rings is 1. The summed E-state index contributed by atoms with van der Waals surface area (Å²) in [4.78, 5) is 12.6. The van der Waals surface area contributed by atoms with Gasteiger partial charge in [0.05, 0.1) is 9.88 Å². The van der Waals surface area contributed by atoms with Crippen molar-refractivity contribution in [3.8, 4) is 16.2 Å². The molecule has 6 heteroatoms. The number of benzene rings is 1. The molecule has 29 heavy (non-hydrogen) atoms. The minimum Gasteiger partial charge on any atom is -0.479 e. The van der Waals surface area contributed by atoms with Crippen LogP contribution in [-0.2, 0) is 5.60 Å². The van der Waals surface area contributed by atoms with Gasteiger partial charge in [0.2, 0.25) is 0 Å². The van der Waals surface area contributed by atoms with E-state index in [1.54, 1.807) is 11.3 Å². The topological polar surface area (TPSA) is 64.3 Å². The number of pyridine rings is 1. The van der Waals surface area contributed by atoms with E-state index in [4.69, 9.17) is 15.5 Å². The molecule has 2 N–H and O–H groups in total. The van der Waals surface area contributed by atoms with Crippen LogP contribution < -0.4 is 10.5 Å². The summed E-state index contributed by atoms with van der Waals surface area (Å²) in [5.74, 6) is 1.56. The molecule has 4 rings (SSSR count). The van der Waals surface area contributed by atoms with E-state index >= 15 is 0 Å². The lowest BCUT2D eigenvalue weighted by atomic mass is 9.98. The standard InChI is InChI=1S/C23H28N4OS/c1-23(2,18-7-5-4-6-8-18)28-19-13-17(14-25-21(19)24)20-15-26-22(29-20)16-9-11-27(3)12-10-16/h4-8,13-16H,9-12H2,1-3H3,(H2,24,25). The van der Waals surface area contributed by atoms with Gasteiger partial charge in [-0.25, -0.2) is 9.97 Å². The molecule has 0 unspecified atom stereocenters. The van der Waals surface area contributed by atoms with Crippen LogP contribution in [0.25, 0.3) is 10.4 Å². The summed E-state index contributed by atoms with van der Waals surface area (Å²) < 4.78 is 6.31. The molecule has 0 bridgehead atoms. The zero-order valence-corrected chi connectivity index (χ0v) is 18.1. The van der Waals surface area contributed by atoms with E-state index in [0.29, 0.717) is 17.5 Å². The van der Waals surface area contributed by atoms with Gasteiger partial charge < -0.3 is 15.4 Å². The Bertz CT molecular complexity index is 962. The van der Waals surface area contributed by atoms with Gasteiger partial charge in [0.15, 0.2) is 11.6 Å². The normalized spacial score (nSPS) is 16.1. The number of likely N-dealkylation sites (tertiary alicyclic amines) is 1. The molecular weight excluding hydrogens is 380 g/mol. The number of hydrogen-bond acceptors (Lipinski definition) is 6. The molecule has 2 aromatic heterocycles. The number of nitrogens with zero attached hydrogens (tertiary/aromatic N) is 3. The molecule has 5 nitrogen and oxygen atoms in total. The smallest absolute Gasteiger partial charge is 0.166 e. The second-order valence-electron chi connectivity index (χ2n) is 8.23. The maximum atomic E-state index is 6.31. The van der Waals surface area contributed by atoms with Crippen molar-refractivity contribution in [2.75, 3.05) is 25.9 Å². The number of ether oxygens (including phenoxy) is 1. The Hall–Kier alpha value is -2.44. The zero-order chi connectivity index (χ0) is 20.4. The van der Waals surface area contributed by atoms with E-state index < -0.39 is 5.60 Å². The maximum absolute atomic E-state index is 6.31. The lowest BCUT2D eigenvalue weighted by molar-refractivity contribution is 0.109. The van der Waals surface area contributed by atoms with Crippen LogP contribution in [0.3, 0.4) is 0 Å². The Kier molecular flexibility index (Phi) is 5.56. The minimum absolute atomic E-state index is 0.401. The zero-order valence-electron chi connectivity index (χ0n) is 17.3. The Morgan fingerprint density at radius 3 is 2.55 bits per heavy atom. The van der Waals surface area contributed by atoms with E-state index in [0.717, 1.165) is 29.1 Å². The molecule has 3 aromatic rings. The summed E-state index contributed by atoms with van der Waals surface area (Å²) in [6.07, 6.45) is 6.10. The summed E-state index contributed by atoms with van der Waals surface area (Å²) in [5, 5.41) is 1.22. The molecule has 152 valence electrons. The molecular formula is C23H28N4OS. The third-order valence-electron chi connectivity index (χ3n) is 5.59. The fourth-order valence-electron chi connectivity index (χ4n) is 3.71.